The van der Waals surface area contributed by atoms with Gasteiger partial charge in [0.2, 0.25) is 0 Å². The van der Waals surface area contributed by atoms with Gasteiger partial charge in [0.15, 0.2) is 5.96 Å². The number of nitrogens with zero attached hydrogens (tertiary/aromatic N) is 3. The van der Waals surface area contributed by atoms with E-state index in [1.165, 1.54) is 12.1 Å². The molecule has 2 aliphatic heterocycles. The summed E-state index contributed by atoms with van der Waals surface area (Å²) in [6, 6.07) is 3.93. The average molecular weight is 395 g/mol. The van der Waals surface area contributed by atoms with E-state index in [0.717, 1.165) is 77.2 Å². The molecule has 6 nitrogen and oxygen atoms in total. The Labute approximate surface area is 165 Å². The van der Waals surface area contributed by atoms with Crippen molar-refractivity contribution in [3.63, 3.8) is 0 Å². The summed E-state index contributed by atoms with van der Waals surface area (Å²) in [4.78, 5) is 8.68. The summed E-state index contributed by atoms with van der Waals surface area (Å²) >= 11 is 0. The van der Waals surface area contributed by atoms with Gasteiger partial charge in [0.05, 0.1) is 18.9 Å². The van der Waals surface area contributed by atoms with Gasteiger partial charge in [-0.3, -0.25) is 9.89 Å². The Morgan fingerprint density at radius 1 is 1.21 bits per heavy atom. The van der Waals surface area contributed by atoms with Crippen LogP contribution in [0, 0.1) is 11.6 Å². The van der Waals surface area contributed by atoms with E-state index in [0.29, 0.717) is 12.2 Å². The fourth-order valence-electron chi connectivity index (χ4n) is 3.71. The van der Waals surface area contributed by atoms with Gasteiger partial charge in [-0.2, -0.15) is 0 Å². The number of rotatable bonds is 7. The second-order valence-electron chi connectivity index (χ2n) is 7.33. The van der Waals surface area contributed by atoms with Crippen LogP contribution in [0.1, 0.15) is 19.3 Å². The molecule has 2 N–H and O–H groups in total. The topological polar surface area (TPSA) is 52.1 Å². The highest BCUT2D eigenvalue weighted by molar-refractivity contribution is 5.80. The van der Waals surface area contributed by atoms with E-state index < -0.39 is 11.6 Å². The van der Waals surface area contributed by atoms with Crippen LogP contribution in [0.2, 0.25) is 0 Å². The van der Waals surface area contributed by atoms with Crippen LogP contribution < -0.4 is 15.5 Å². The number of ether oxygens (including phenoxy) is 1. The molecule has 0 saturated carbocycles. The second-order valence-corrected chi connectivity index (χ2v) is 7.33. The van der Waals surface area contributed by atoms with Crippen molar-refractivity contribution in [1.29, 1.82) is 0 Å². The van der Waals surface area contributed by atoms with E-state index in [-0.39, 0.29) is 6.04 Å². The van der Waals surface area contributed by atoms with Crippen molar-refractivity contribution in [2.24, 2.45) is 4.99 Å². The Kier molecular flexibility index (Phi) is 7.85. The van der Waals surface area contributed by atoms with Crippen LogP contribution in [0.25, 0.3) is 0 Å². The Morgan fingerprint density at radius 2 is 2.04 bits per heavy atom. The monoisotopic (exact) mass is 395 g/mol. The van der Waals surface area contributed by atoms with Gasteiger partial charge in [0, 0.05) is 51.9 Å². The highest BCUT2D eigenvalue weighted by Crippen LogP contribution is 2.24. The smallest absolute Gasteiger partial charge is 0.191 e. The number of anilines is 1. The lowest BCUT2D eigenvalue weighted by Crippen LogP contribution is -2.45. The van der Waals surface area contributed by atoms with E-state index >= 15 is 0 Å². The van der Waals surface area contributed by atoms with Crippen molar-refractivity contribution >= 4 is 11.6 Å². The maximum atomic E-state index is 14.0. The number of halogens is 2. The van der Waals surface area contributed by atoms with E-state index in [9.17, 15) is 8.78 Å². The third-order valence-corrected chi connectivity index (χ3v) is 5.30. The number of morpholine rings is 1. The van der Waals surface area contributed by atoms with Gasteiger partial charge in [-0.05, 0) is 37.9 Å². The Balaban J connectivity index is 1.35. The number of hydrogen-bond acceptors (Lipinski definition) is 4. The predicted molar refractivity (Wildman–Crippen MR) is 108 cm³/mol. The molecule has 2 aliphatic rings. The summed E-state index contributed by atoms with van der Waals surface area (Å²) in [5, 5.41) is 6.77. The SMILES string of the molecule is CN=C(NCCCCN1CCOCC1)NC1CCN(c2ccc(F)cc2F)C1. The van der Waals surface area contributed by atoms with Gasteiger partial charge in [-0.25, -0.2) is 8.78 Å². The number of hydrogen-bond donors (Lipinski definition) is 2. The lowest BCUT2D eigenvalue weighted by atomic mass is 10.2. The van der Waals surface area contributed by atoms with Crippen LogP contribution in [-0.2, 0) is 4.74 Å². The maximum Gasteiger partial charge on any atom is 0.191 e. The second kappa shape index (κ2) is 10.6. The molecule has 2 heterocycles. The molecular weight excluding hydrogens is 364 g/mol. The minimum absolute atomic E-state index is 0.184. The Hall–Kier alpha value is -1.93. The summed E-state index contributed by atoms with van der Waals surface area (Å²) in [6.45, 7) is 7.12. The van der Waals surface area contributed by atoms with E-state index in [1.54, 1.807) is 7.05 Å². The molecule has 1 aromatic carbocycles. The fourth-order valence-corrected chi connectivity index (χ4v) is 3.71. The lowest BCUT2D eigenvalue weighted by molar-refractivity contribution is 0.0372. The molecule has 1 aromatic rings. The largest absolute Gasteiger partial charge is 0.379 e. The van der Waals surface area contributed by atoms with Crippen molar-refractivity contribution in [3.8, 4) is 0 Å². The standard InChI is InChI=1S/C20H31F2N5O/c1-23-20(24-7-2-3-8-26-10-12-28-13-11-26)25-17-6-9-27(15-17)19-5-4-16(21)14-18(19)22/h4-5,14,17H,2-3,6-13,15H2,1H3,(H2,23,24,25). The van der Waals surface area contributed by atoms with E-state index in [2.05, 4.69) is 20.5 Å². The van der Waals surface area contributed by atoms with Gasteiger partial charge >= 0.3 is 0 Å². The zero-order chi connectivity index (χ0) is 19.8. The summed E-state index contributed by atoms with van der Waals surface area (Å²) in [5.41, 5.74) is 0.455. The third-order valence-electron chi connectivity index (χ3n) is 5.30. The van der Waals surface area contributed by atoms with Crippen LogP contribution in [0.4, 0.5) is 14.5 Å². The van der Waals surface area contributed by atoms with Gasteiger partial charge in [-0.1, -0.05) is 0 Å². The first-order valence-corrected chi connectivity index (χ1v) is 10.1. The maximum absolute atomic E-state index is 14.0. The summed E-state index contributed by atoms with van der Waals surface area (Å²) in [6.07, 6.45) is 3.11. The normalized spacial score (nSPS) is 21.2. The predicted octanol–water partition coefficient (Wildman–Crippen LogP) is 1.82. The van der Waals surface area contributed by atoms with Crippen LogP contribution in [0.5, 0.6) is 0 Å². The summed E-state index contributed by atoms with van der Waals surface area (Å²) in [7, 11) is 1.76. The molecule has 3 rings (SSSR count). The Morgan fingerprint density at radius 3 is 2.79 bits per heavy atom. The van der Waals surface area contributed by atoms with Crippen LogP contribution in [0.3, 0.4) is 0 Å². The molecule has 28 heavy (non-hydrogen) atoms. The number of aliphatic imine (C=N–C) groups is 1. The molecule has 8 heteroatoms. The van der Waals surface area contributed by atoms with Crippen LogP contribution in [0.15, 0.2) is 23.2 Å². The molecule has 0 aliphatic carbocycles. The zero-order valence-corrected chi connectivity index (χ0v) is 16.6. The van der Waals surface area contributed by atoms with E-state index in [4.69, 9.17) is 4.74 Å². The average Bonchev–Trinajstić information content (AvgIpc) is 3.15. The summed E-state index contributed by atoms with van der Waals surface area (Å²) < 4.78 is 32.5. The van der Waals surface area contributed by atoms with Crippen molar-refractivity contribution in [2.45, 2.75) is 25.3 Å². The molecule has 0 spiro atoms. The van der Waals surface area contributed by atoms with Crippen molar-refractivity contribution in [2.75, 3.05) is 64.4 Å². The highest BCUT2D eigenvalue weighted by atomic mass is 19.1. The van der Waals surface area contributed by atoms with Crippen LogP contribution >= 0.6 is 0 Å². The summed E-state index contributed by atoms with van der Waals surface area (Å²) in [5.74, 6) is -0.283. The first kappa shape index (κ1) is 20.8. The molecule has 156 valence electrons. The molecule has 0 aromatic heterocycles. The van der Waals surface area contributed by atoms with Crippen molar-refractivity contribution in [1.82, 2.24) is 15.5 Å². The molecule has 1 atom stereocenters. The van der Waals surface area contributed by atoms with Crippen molar-refractivity contribution < 1.29 is 13.5 Å². The quantitative estimate of drug-likeness (QED) is 0.419. The third kappa shape index (κ3) is 6.04. The number of benzene rings is 1. The van der Waals surface area contributed by atoms with Crippen LogP contribution in [-0.4, -0.2) is 76.4 Å². The minimum Gasteiger partial charge on any atom is -0.379 e. The number of unbranched alkanes of at least 4 members (excludes halogenated alkanes) is 1. The minimum atomic E-state index is -0.548. The lowest BCUT2D eigenvalue weighted by Gasteiger charge is -2.26. The number of nitrogens with one attached hydrogen (secondary N) is 2. The molecular formula is C20H31F2N5O. The molecule has 0 bridgehead atoms. The zero-order valence-electron chi connectivity index (χ0n) is 16.6. The van der Waals surface area contributed by atoms with Gasteiger partial charge in [0.1, 0.15) is 11.6 Å². The number of guanidine groups is 1. The van der Waals surface area contributed by atoms with Gasteiger partial charge in [-0.15, -0.1) is 0 Å². The molecule has 2 saturated heterocycles. The molecule has 0 radical (unpaired) electrons. The first-order valence-electron chi connectivity index (χ1n) is 10.1. The highest BCUT2D eigenvalue weighted by Gasteiger charge is 2.25. The van der Waals surface area contributed by atoms with Crippen molar-refractivity contribution in [3.05, 3.63) is 29.8 Å². The van der Waals surface area contributed by atoms with Gasteiger partial charge < -0.3 is 20.3 Å². The molecule has 1 unspecified atom stereocenters. The fraction of sp³-hybridized carbons (Fsp3) is 0.650. The molecule has 2 fully saturated rings. The van der Waals surface area contributed by atoms with E-state index in [1.807, 2.05) is 4.90 Å². The molecule has 0 amide bonds. The Bertz CT molecular complexity index is 651. The first-order chi connectivity index (χ1) is 13.7. The van der Waals surface area contributed by atoms with Gasteiger partial charge in [0.25, 0.3) is 0 Å².